The van der Waals surface area contributed by atoms with Gasteiger partial charge in [0.05, 0.1) is 22.2 Å². The molecule has 144 valence electrons. The van der Waals surface area contributed by atoms with Crippen molar-refractivity contribution in [2.24, 2.45) is 0 Å². The summed E-state index contributed by atoms with van der Waals surface area (Å²) in [4.78, 5) is 30.2. The van der Waals surface area contributed by atoms with Crippen molar-refractivity contribution in [3.63, 3.8) is 0 Å². The van der Waals surface area contributed by atoms with Crippen LogP contribution in [0, 0.1) is 0 Å². The average molecular weight is 403 g/mol. The number of rotatable bonds is 4. The summed E-state index contributed by atoms with van der Waals surface area (Å²) in [5.74, 6) is -0.287. The van der Waals surface area contributed by atoms with Crippen molar-refractivity contribution in [1.29, 1.82) is 0 Å². The molecule has 0 spiro atoms. The Kier molecular flexibility index (Phi) is 4.17. The van der Waals surface area contributed by atoms with Gasteiger partial charge in [-0.3, -0.25) is 9.59 Å². The van der Waals surface area contributed by atoms with Gasteiger partial charge in [0.1, 0.15) is 6.54 Å². The number of esters is 1. The van der Waals surface area contributed by atoms with Gasteiger partial charge in [-0.25, -0.2) is 9.38 Å². The minimum atomic E-state index is -0.287. The van der Waals surface area contributed by atoms with E-state index in [0.717, 1.165) is 27.5 Å². The summed E-state index contributed by atoms with van der Waals surface area (Å²) in [6.07, 6.45) is 3.77. The first-order valence-corrected chi connectivity index (χ1v) is 10.1. The number of benzene rings is 2. The van der Waals surface area contributed by atoms with E-state index in [9.17, 15) is 9.59 Å². The van der Waals surface area contributed by atoms with Crippen molar-refractivity contribution in [2.45, 2.75) is 13.5 Å². The molecule has 0 unspecified atom stereocenters. The SMILES string of the molecule is CCOC(=O)Cn1cc(/C=c2\sc3nc4ccccc4n3c2=O)c2ccccc21. The zero-order valence-electron chi connectivity index (χ0n) is 15.7. The molecule has 0 bridgehead atoms. The van der Waals surface area contributed by atoms with Gasteiger partial charge in [-0.2, -0.15) is 0 Å². The van der Waals surface area contributed by atoms with Crippen LogP contribution in [0.2, 0.25) is 0 Å². The highest BCUT2D eigenvalue weighted by Gasteiger charge is 2.13. The number of aromatic nitrogens is 3. The van der Waals surface area contributed by atoms with Gasteiger partial charge in [0.25, 0.3) is 5.56 Å². The Morgan fingerprint density at radius 2 is 1.90 bits per heavy atom. The van der Waals surface area contributed by atoms with Gasteiger partial charge in [0.15, 0.2) is 4.96 Å². The molecule has 0 saturated carbocycles. The molecule has 5 rings (SSSR count). The van der Waals surface area contributed by atoms with Gasteiger partial charge in [-0.05, 0) is 31.2 Å². The van der Waals surface area contributed by atoms with E-state index < -0.39 is 0 Å². The number of ether oxygens (including phenoxy) is 1. The van der Waals surface area contributed by atoms with Crippen LogP contribution in [0.5, 0.6) is 0 Å². The molecular weight excluding hydrogens is 386 g/mol. The van der Waals surface area contributed by atoms with E-state index in [4.69, 9.17) is 4.74 Å². The van der Waals surface area contributed by atoms with Gasteiger partial charge in [0, 0.05) is 22.7 Å². The van der Waals surface area contributed by atoms with Gasteiger partial charge < -0.3 is 9.30 Å². The Hall–Kier alpha value is -3.45. The van der Waals surface area contributed by atoms with Crippen LogP contribution >= 0.6 is 11.3 Å². The fourth-order valence-corrected chi connectivity index (χ4v) is 4.60. The fraction of sp³-hybridized carbons (Fsp3) is 0.136. The standard InChI is InChI=1S/C22H17N3O3S/c1-2-28-20(26)13-24-12-14(15-7-3-5-9-17(15)24)11-19-21(27)25-18-10-6-4-8-16(18)23-22(25)29-19/h3-12H,2,13H2,1H3/b19-11-. The third-order valence-electron chi connectivity index (χ3n) is 4.86. The number of thiazole rings is 1. The van der Waals surface area contributed by atoms with Crippen LogP contribution in [0.25, 0.3) is 33.0 Å². The van der Waals surface area contributed by atoms with Crippen LogP contribution in [-0.4, -0.2) is 26.5 Å². The van der Waals surface area contributed by atoms with E-state index in [1.165, 1.54) is 11.3 Å². The molecule has 6 nitrogen and oxygen atoms in total. The molecule has 2 aromatic carbocycles. The number of hydrogen-bond acceptors (Lipinski definition) is 5. The predicted molar refractivity (Wildman–Crippen MR) is 114 cm³/mol. The van der Waals surface area contributed by atoms with Gasteiger partial charge >= 0.3 is 5.97 Å². The van der Waals surface area contributed by atoms with E-state index in [-0.39, 0.29) is 18.1 Å². The molecule has 5 aromatic rings. The summed E-state index contributed by atoms with van der Waals surface area (Å²) >= 11 is 1.37. The summed E-state index contributed by atoms with van der Waals surface area (Å²) in [6.45, 7) is 2.27. The molecule has 0 saturated heterocycles. The summed E-state index contributed by atoms with van der Waals surface area (Å²) in [6, 6.07) is 15.4. The maximum Gasteiger partial charge on any atom is 0.325 e. The van der Waals surface area contributed by atoms with E-state index in [2.05, 4.69) is 4.98 Å². The molecule has 0 aliphatic heterocycles. The van der Waals surface area contributed by atoms with Crippen molar-refractivity contribution >= 4 is 50.3 Å². The Morgan fingerprint density at radius 3 is 2.72 bits per heavy atom. The normalized spacial score (nSPS) is 12.4. The number of hydrogen-bond donors (Lipinski definition) is 0. The zero-order chi connectivity index (χ0) is 20.0. The molecule has 0 N–H and O–H groups in total. The molecule has 0 atom stereocenters. The number of nitrogens with zero attached hydrogens (tertiary/aromatic N) is 3. The maximum absolute atomic E-state index is 13.0. The quantitative estimate of drug-likeness (QED) is 0.433. The predicted octanol–water partition coefficient (Wildman–Crippen LogP) is 2.97. The number of carbonyl (C=O) groups excluding carboxylic acids is 1. The molecule has 0 amide bonds. The lowest BCUT2D eigenvalue weighted by Gasteiger charge is -2.04. The molecule has 0 radical (unpaired) electrons. The van der Waals surface area contributed by atoms with E-state index in [1.54, 1.807) is 11.3 Å². The lowest BCUT2D eigenvalue weighted by atomic mass is 10.2. The Balaban J connectivity index is 1.68. The molecule has 0 fully saturated rings. The highest BCUT2D eigenvalue weighted by atomic mass is 32.1. The van der Waals surface area contributed by atoms with Crippen LogP contribution in [-0.2, 0) is 16.1 Å². The van der Waals surface area contributed by atoms with Crippen molar-refractivity contribution < 1.29 is 9.53 Å². The first-order chi connectivity index (χ1) is 14.2. The zero-order valence-corrected chi connectivity index (χ0v) is 16.5. The largest absolute Gasteiger partial charge is 0.465 e. The smallest absolute Gasteiger partial charge is 0.325 e. The van der Waals surface area contributed by atoms with E-state index in [1.807, 2.05) is 65.4 Å². The van der Waals surface area contributed by atoms with E-state index >= 15 is 0 Å². The summed E-state index contributed by atoms with van der Waals surface area (Å²) in [5.41, 5.74) is 3.35. The molecule has 29 heavy (non-hydrogen) atoms. The number of fused-ring (bicyclic) bond motifs is 4. The minimum absolute atomic E-state index is 0.0825. The van der Waals surface area contributed by atoms with E-state index in [0.29, 0.717) is 16.1 Å². The topological polar surface area (TPSA) is 65.6 Å². The fourth-order valence-electron chi connectivity index (χ4n) is 3.62. The summed E-state index contributed by atoms with van der Waals surface area (Å²) < 4.78 is 9.21. The molecular formula is C22H17N3O3S. The Bertz CT molecular complexity index is 1490. The monoisotopic (exact) mass is 403 g/mol. The Labute approximate surface area is 169 Å². The highest BCUT2D eigenvalue weighted by molar-refractivity contribution is 7.15. The second kappa shape index (κ2) is 6.86. The van der Waals surface area contributed by atoms with Crippen molar-refractivity contribution in [3.05, 3.63) is 75.2 Å². The van der Waals surface area contributed by atoms with Crippen LogP contribution in [0.4, 0.5) is 0 Å². The van der Waals surface area contributed by atoms with Crippen LogP contribution in [0.3, 0.4) is 0 Å². The van der Waals surface area contributed by atoms with Gasteiger partial charge in [-0.15, -0.1) is 0 Å². The van der Waals surface area contributed by atoms with Gasteiger partial charge in [-0.1, -0.05) is 41.7 Å². The number of carbonyl (C=O) groups is 1. The lowest BCUT2D eigenvalue weighted by Crippen LogP contribution is -2.22. The van der Waals surface area contributed by atoms with Crippen molar-refractivity contribution in [2.75, 3.05) is 6.61 Å². The molecule has 7 heteroatoms. The second-order valence-corrected chi connectivity index (χ2v) is 7.68. The number of imidazole rings is 1. The number of para-hydroxylation sites is 3. The van der Waals surface area contributed by atoms with Crippen LogP contribution in [0.1, 0.15) is 12.5 Å². The second-order valence-electron chi connectivity index (χ2n) is 6.67. The van der Waals surface area contributed by atoms with Crippen LogP contribution in [0.15, 0.2) is 59.5 Å². The highest BCUT2D eigenvalue weighted by Crippen LogP contribution is 2.22. The molecule has 3 heterocycles. The van der Waals surface area contributed by atoms with Gasteiger partial charge in [0.2, 0.25) is 0 Å². The minimum Gasteiger partial charge on any atom is -0.465 e. The first-order valence-electron chi connectivity index (χ1n) is 9.31. The van der Waals surface area contributed by atoms with Crippen LogP contribution < -0.4 is 10.1 Å². The third kappa shape index (κ3) is 2.91. The van der Waals surface area contributed by atoms with Crippen molar-refractivity contribution in [1.82, 2.24) is 14.0 Å². The third-order valence-corrected chi connectivity index (χ3v) is 5.82. The summed E-state index contributed by atoms with van der Waals surface area (Å²) in [7, 11) is 0. The lowest BCUT2D eigenvalue weighted by molar-refractivity contribution is -0.143. The molecule has 0 aliphatic rings. The first kappa shape index (κ1) is 17.6. The Morgan fingerprint density at radius 1 is 1.14 bits per heavy atom. The average Bonchev–Trinajstić information content (AvgIpc) is 3.34. The summed E-state index contributed by atoms with van der Waals surface area (Å²) in [5, 5.41) is 0.979. The molecule has 0 aliphatic carbocycles. The molecule has 3 aromatic heterocycles. The van der Waals surface area contributed by atoms with Crippen molar-refractivity contribution in [3.8, 4) is 0 Å². The maximum atomic E-state index is 13.0.